The molecule has 1 aromatic carbocycles. The maximum absolute atomic E-state index is 11.7. The lowest BCUT2D eigenvalue weighted by Crippen LogP contribution is -2.41. The van der Waals surface area contributed by atoms with Gasteiger partial charge in [0.05, 0.1) is 0 Å². The zero-order valence-corrected chi connectivity index (χ0v) is 8.92. The third kappa shape index (κ3) is 2.10. The lowest BCUT2D eigenvalue weighted by atomic mass is 10.1. The van der Waals surface area contributed by atoms with Crippen LogP contribution in [0.4, 0.5) is 9.59 Å². The molecule has 1 atom stereocenters. The second kappa shape index (κ2) is 4.25. The van der Waals surface area contributed by atoms with Crippen molar-refractivity contribution in [2.45, 2.75) is 12.5 Å². The second-order valence-electron chi connectivity index (χ2n) is 3.70. The first kappa shape index (κ1) is 11.1. The van der Waals surface area contributed by atoms with E-state index in [2.05, 4.69) is 5.32 Å². The fraction of sp³-hybridized carbons (Fsp3) is 0.182. The molecule has 0 saturated carbocycles. The summed E-state index contributed by atoms with van der Waals surface area (Å²) in [6.07, 6.45) is 0.342. The molecule has 0 aromatic heterocycles. The molecule has 0 aliphatic carbocycles. The smallest absolute Gasteiger partial charge is 0.333 e. The topological polar surface area (TPSA) is 92.5 Å². The Balaban J connectivity index is 2.12. The van der Waals surface area contributed by atoms with Gasteiger partial charge in [-0.15, -0.1) is 0 Å². The number of imide groups is 3. The summed E-state index contributed by atoms with van der Waals surface area (Å²) < 4.78 is 0. The van der Waals surface area contributed by atoms with Crippen LogP contribution in [0.3, 0.4) is 0 Å². The molecule has 0 spiro atoms. The summed E-state index contributed by atoms with van der Waals surface area (Å²) in [6, 6.07) is 6.67. The Morgan fingerprint density at radius 3 is 2.47 bits per heavy atom. The van der Waals surface area contributed by atoms with Crippen LogP contribution >= 0.6 is 0 Å². The minimum absolute atomic E-state index is 0.342. The number of urea groups is 2. The molecule has 17 heavy (non-hydrogen) atoms. The predicted octanol–water partition coefficient (Wildman–Crippen LogP) is 0.228. The highest BCUT2D eigenvalue weighted by molar-refractivity contribution is 6.15. The lowest BCUT2D eigenvalue weighted by Gasteiger charge is -2.08. The molecule has 1 aliphatic heterocycles. The molecule has 6 nitrogen and oxygen atoms in total. The van der Waals surface area contributed by atoms with E-state index < -0.39 is 24.0 Å². The predicted molar refractivity (Wildman–Crippen MR) is 58.9 cm³/mol. The summed E-state index contributed by atoms with van der Waals surface area (Å²) in [6.45, 7) is 0. The minimum Gasteiger partial charge on any atom is -0.351 e. The van der Waals surface area contributed by atoms with Gasteiger partial charge in [-0.2, -0.15) is 4.90 Å². The molecule has 88 valence electrons. The van der Waals surface area contributed by atoms with Crippen molar-refractivity contribution >= 4 is 18.0 Å². The van der Waals surface area contributed by atoms with Gasteiger partial charge in [-0.05, 0) is 5.56 Å². The summed E-state index contributed by atoms with van der Waals surface area (Å²) in [4.78, 5) is 34.3. The number of primary amides is 1. The summed E-state index contributed by atoms with van der Waals surface area (Å²) in [7, 11) is 0. The minimum atomic E-state index is -1.05. The molecule has 0 unspecified atom stereocenters. The van der Waals surface area contributed by atoms with E-state index in [-0.39, 0.29) is 0 Å². The lowest BCUT2D eigenvalue weighted by molar-refractivity contribution is -0.125. The van der Waals surface area contributed by atoms with Crippen molar-refractivity contribution in [2.24, 2.45) is 5.73 Å². The number of nitrogens with one attached hydrogen (secondary N) is 1. The van der Waals surface area contributed by atoms with Crippen LogP contribution in [0.5, 0.6) is 0 Å². The highest BCUT2D eigenvalue weighted by Crippen LogP contribution is 2.11. The Morgan fingerprint density at radius 1 is 1.29 bits per heavy atom. The zero-order chi connectivity index (χ0) is 12.4. The van der Waals surface area contributed by atoms with E-state index in [1.807, 2.05) is 30.3 Å². The Kier molecular flexibility index (Phi) is 2.78. The summed E-state index contributed by atoms with van der Waals surface area (Å²) in [5.74, 6) is -0.605. The number of hydrogen-bond donors (Lipinski definition) is 2. The first-order chi connectivity index (χ1) is 8.09. The molecular weight excluding hydrogens is 222 g/mol. The van der Waals surface area contributed by atoms with Gasteiger partial charge in [-0.1, -0.05) is 30.3 Å². The van der Waals surface area contributed by atoms with E-state index in [4.69, 9.17) is 5.73 Å². The van der Waals surface area contributed by atoms with E-state index in [0.29, 0.717) is 11.3 Å². The van der Waals surface area contributed by atoms with Crippen molar-refractivity contribution in [3.8, 4) is 0 Å². The molecule has 3 N–H and O–H groups in total. The van der Waals surface area contributed by atoms with Crippen molar-refractivity contribution in [2.75, 3.05) is 0 Å². The molecule has 0 bridgehead atoms. The summed E-state index contributed by atoms with van der Waals surface area (Å²) >= 11 is 0. The standard InChI is InChI=1S/C11H11N3O3/c12-10(16)14-9(15)8(13-11(14)17)6-7-4-2-1-3-5-7/h1-5,8H,6H2,(H2,12,16)(H,13,17)/t8-/m1/s1. The van der Waals surface area contributed by atoms with E-state index in [0.717, 1.165) is 5.56 Å². The first-order valence-corrected chi connectivity index (χ1v) is 5.07. The fourth-order valence-electron chi connectivity index (χ4n) is 1.73. The van der Waals surface area contributed by atoms with Gasteiger partial charge in [0, 0.05) is 6.42 Å². The van der Waals surface area contributed by atoms with Gasteiger partial charge in [0.2, 0.25) is 0 Å². The van der Waals surface area contributed by atoms with Crippen molar-refractivity contribution in [3.63, 3.8) is 0 Å². The molecule has 5 amide bonds. The number of hydrogen-bond acceptors (Lipinski definition) is 3. The Labute approximate surface area is 97.4 Å². The zero-order valence-electron chi connectivity index (χ0n) is 8.92. The van der Waals surface area contributed by atoms with E-state index in [9.17, 15) is 14.4 Å². The molecule has 1 saturated heterocycles. The van der Waals surface area contributed by atoms with Gasteiger partial charge >= 0.3 is 12.1 Å². The SMILES string of the molecule is NC(=O)N1C(=O)N[C@H](Cc2ccccc2)C1=O. The van der Waals surface area contributed by atoms with Gasteiger partial charge in [0.25, 0.3) is 5.91 Å². The van der Waals surface area contributed by atoms with Crippen molar-refractivity contribution in [1.29, 1.82) is 0 Å². The monoisotopic (exact) mass is 233 g/mol. The van der Waals surface area contributed by atoms with Gasteiger partial charge in [0.1, 0.15) is 6.04 Å². The van der Waals surface area contributed by atoms with E-state index in [1.54, 1.807) is 0 Å². The van der Waals surface area contributed by atoms with Crippen molar-refractivity contribution < 1.29 is 14.4 Å². The van der Waals surface area contributed by atoms with Crippen LogP contribution in [0, 0.1) is 0 Å². The second-order valence-corrected chi connectivity index (χ2v) is 3.70. The van der Waals surface area contributed by atoms with Crippen LogP contribution in [0.1, 0.15) is 5.56 Å². The van der Waals surface area contributed by atoms with Crippen molar-refractivity contribution in [3.05, 3.63) is 35.9 Å². The van der Waals surface area contributed by atoms with Crippen LogP contribution in [0.15, 0.2) is 30.3 Å². The maximum atomic E-state index is 11.7. The number of rotatable bonds is 2. The average molecular weight is 233 g/mol. The quantitative estimate of drug-likeness (QED) is 0.716. The van der Waals surface area contributed by atoms with Crippen LogP contribution in [0.25, 0.3) is 0 Å². The first-order valence-electron chi connectivity index (χ1n) is 5.07. The number of amides is 5. The summed E-state index contributed by atoms with van der Waals surface area (Å²) in [5.41, 5.74) is 5.84. The average Bonchev–Trinajstić information content (AvgIpc) is 2.55. The van der Waals surface area contributed by atoms with Crippen LogP contribution in [-0.2, 0) is 11.2 Å². The Hall–Kier alpha value is -2.37. The number of carbonyl (C=O) groups is 3. The van der Waals surface area contributed by atoms with E-state index in [1.165, 1.54) is 0 Å². The van der Waals surface area contributed by atoms with E-state index >= 15 is 0 Å². The molecule has 1 heterocycles. The molecule has 6 heteroatoms. The van der Waals surface area contributed by atoms with Gasteiger partial charge in [-0.3, -0.25) is 4.79 Å². The number of carbonyl (C=O) groups excluding carboxylic acids is 3. The fourth-order valence-corrected chi connectivity index (χ4v) is 1.73. The molecule has 2 rings (SSSR count). The maximum Gasteiger partial charge on any atom is 0.333 e. The normalized spacial score (nSPS) is 19.3. The third-order valence-corrected chi connectivity index (χ3v) is 2.52. The Bertz CT molecular complexity index is 472. The highest BCUT2D eigenvalue weighted by Gasteiger charge is 2.40. The molecular formula is C11H11N3O3. The highest BCUT2D eigenvalue weighted by atomic mass is 16.2. The van der Waals surface area contributed by atoms with Gasteiger partial charge < -0.3 is 11.1 Å². The van der Waals surface area contributed by atoms with Crippen LogP contribution < -0.4 is 11.1 Å². The Morgan fingerprint density at radius 2 is 1.94 bits per heavy atom. The molecule has 0 radical (unpaired) electrons. The van der Waals surface area contributed by atoms with Gasteiger partial charge in [0.15, 0.2) is 0 Å². The summed E-state index contributed by atoms with van der Waals surface area (Å²) in [5, 5.41) is 2.42. The number of benzene rings is 1. The number of nitrogens with two attached hydrogens (primary N) is 1. The van der Waals surface area contributed by atoms with Gasteiger partial charge in [-0.25, -0.2) is 9.59 Å². The van der Waals surface area contributed by atoms with Crippen LogP contribution in [0.2, 0.25) is 0 Å². The molecule has 1 aromatic rings. The van der Waals surface area contributed by atoms with Crippen molar-refractivity contribution in [1.82, 2.24) is 10.2 Å². The molecule has 1 aliphatic rings. The number of nitrogens with zero attached hydrogens (tertiary/aromatic N) is 1. The van der Waals surface area contributed by atoms with Crippen LogP contribution in [-0.4, -0.2) is 28.9 Å². The third-order valence-electron chi connectivity index (χ3n) is 2.52. The largest absolute Gasteiger partial charge is 0.351 e. The molecule has 1 fully saturated rings.